The molecule has 1 unspecified atom stereocenters. The number of benzene rings is 1. The number of guanidine groups is 1. The lowest BCUT2D eigenvalue weighted by Gasteiger charge is -2.21. The summed E-state index contributed by atoms with van der Waals surface area (Å²) in [6.07, 6.45) is -3.31. The van der Waals surface area contributed by atoms with Gasteiger partial charge in [-0.1, -0.05) is 26.0 Å². The Labute approximate surface area is 159 Å². The lowest BCUT2D eigenvalue weighted by molar-refractivity contribution is -0.153. The Morgan fingerprint density at radius 1 is 1.22 bits per heavy atom. The molecule has 0 aliphatic carbocycles. The first-order valence-corrected chi connectivity index (χ1v) is 9.09. The fraction of sp³-hybridized carbons (Fsp3) is 0.632. The van der Waals surface area contributed by atoms with E-state index in [1.54, 1.807) is 19.2 Å². The average molecular weight is 389 g/mol. The Balaban J connectivity index is 2.46. The highest BCUT2D eigenvalue weighted by atomic mass is 19.4. The Hall–Kier alpha value is -1.96. The summed E-state index contributed by atoms with van der Waals surface area (Å²) in [6, 6.07) is 6.55. The van der Waals surface area contributed by atoms with Crippen LogP contribution in [0, 0.1) is 5.92 Å². The van der Waals surface area contributed by atoms with E-state index in [9.17, 15) is 13.2 Å². The van der Waals surface area contributed by atoms with Gasteiger partial charge in [-0.2, -0.15) is 13.2 Å². The van der Waals surface area contributed by atoms with Crippen molar-refractivity contribution in [2.75, 3.05) is 26.8 Å². The Kier molecular flexibility index (Phi) is 9.99. The SMILES string of the molecule is CCOC(CCNC(=NC)NCc1cccc(OCC(F)(F)F)c1)C(C)C. The molecule has 0 fully saturated rings. The first-order chi connectivity index (χ1) is 12.7. The zero-order chi connectivity index (χ0) is 20.3. The fourth-order valence-corrected chi connectivity index (χ4v) is 2.47. The second-order valence-electron chi connectivity index (χ2n) is 6.43. The second kappa shape index (κ2) is 11.7. The lowest BCUT2D eigenvalue weighted by Crippen LogP contribution is -2.38. The van der Waals surface area contributed by atoms with Crippen LogP contribution in [0.15, 0.2) is 29.3 Å². The fourth-order valence-electron chi connectivity index (χ4n) is 2.47. The third-order valence-electron chi connectivity index (χ3n) is 3.83. The first kappa shape index (κ1) is 23.1. The number of nitrogens with zero attached hydrogens (tertiary/aromatic N) is 1. The predicted octanol–water partition coefficient (Wildman–Crippen LogP) is 3.74. The standard InChI is InChI=1S/C19H30F3N3O2/c1-5-26-17(14(2)3)9-10-24-18(23-4)25-12-15-7-6-8-16(11-15)27-13-19(20,21)22/h6-8,11,14,17H,5,9-10,12-13H2,1-4H3,(H2,23,24,25). The van der Waals surface area contributed by atoms with Gasteiger partial charge in [0.25, 0.3) is 0 Å². The quantitative estimate of drug-likeness (QED) is 0.473. The van der Waals surface area contributed by atoms with Crippen LogP contribution in [0.1, 0.15) is 32.8 Å². The number of hydrogen-bond donors (Lipinski definition) is 2. The molecule has 0 heterocycles. The maximum Gasteiger partial charge on any atom is 0.422 e. The molecule has 2 N–H and O–H groups in total. The average Bonchev–Trinajstić information content (AvgIpc) is 2.61. The third kappa shape index (κ3) is 10.1. The van der Waals surface area contributed by atoms with Crippen LogP contribution in [0.25, 0.3) is 0 Å². The van der Waals surface area contributed by atoms with Gasteiger partial charge < -0.3 is 20.1 Å². The normalized spacial score (nSPS) is 13.6. The van der Waals surface area contributed by atoms with E-state index in [1.807, 2.05) is 13.0 Å². The minimum atomic E-state index is -4.35. The minimum Gasteiger partial charge on any atom is -0.484 e. The predicted molar refractivity (Wildman–Crippen MR) is 101 cm³/mol. The number of aliphatic imine (C=N–C) groups is 1. The third-order valence-corrected chi connectivity index (χ3v) is 3.83. The molecule has 0 saturated heterocycles. The minimum absolute atomic E-state index is 0.183. The van der Waals surface area contributed by atoms with Crippen molar-refractivity contribution in [2.24, 2.45) is 10.9 Å². The Bertz CT molecular complexity index is 578. The molecule has 8 heteroatoms. The highest BCUT2D eigenvalue weighted by Gasteiger charge is 2.28. The molecule has 0 aliphatic rings. The number of rotatable bonds is 10. The monoisotopic (exact) mass is 389 g/mol. The molecule has 0 bridgehead atoms. The maximum atomic E-state index is 12.2. The van der Waals surface area contributed by atoms with Crippen molar-refractivity contribution < 1.29 is 22.6 Å². The number of hydrogen-bond acceptors (Lipinski definition) is 3. The molecule has 1 aromatic rings. The van der Waals surface area contributed by atoms with Gasteiger partial charge in [0.15, 0.2) is 12.6 Å². The van der Waals surface area contributed by atoms with Gasteiger partial charge in [0.1, 0.15) is 5.75 Å². The van der Waals surface area contributed by atoms with Crippen LogP contribution in [0.3, 0.4) is 0 Å². The van der Waals surface area contributed by atoms with E-state index >= 15 is 0 Å². The second-order valence-corrected chi connectivity index (χ2v) is 6.43. The highest BCUT2D eigenvalue weighted by Crippen LogP contribution is 2.19. The Morgan fingerprint density at radius 2 is 1.96 bits per heavy atom. The lowest BCUT2D eigenvalue weighted by atomic mass is 10.0. The summed E-state index contributed by atoms with van der Waals surface area (Å²) in [7, 11) is 1.67. The molecule has 5 nitrogen and oxygen atoms in total. The Morgan fingerprint density at radius 3 is 2.56 bits per heavy atom. The molecular weight excluding hydrogens is 359 g/mol. The summed E-state index contributed by atoms with van der Waals surface area (Å²) in [6.45, 7) is 6.74. The highest BCUT2D eigenvalue weighted by molar-refractivity contribution is 5.79. The molecule has 1 aromatic carbocycles. The summed E-state index contributed by atoms with van der Waals surface area (Å²) in [5.74, 6) is 1.24. The molecule has 1 atom stereocenters. The number of ether oxygens (including phenoxy) is 2. The molecule has 154 valence electrons. The molecule has 0 aromatic heterocycles. The van der Waals surface area contributed by atoms with Crippen LogP contribution in [0.5, 0.6) is 5.75 Å². The molecular formula is C19H30F3N3O2. The summed E-state index contributed by atoms with van der Waals surface area (Å²) < 4.78 is 47.2. The number of halogens is 3. The van der Waals surface area contributed by atoms with Gasteiger partial charge in [-0.3, -0.25) is 4.99 Å². The van der Waals surface area contributed by atoms with Crippen LogP contribution in [-0.2, 0) is 11.3 Å². The van der Waals surface area contributed by atoms with Crippen molar-refractivity contribution in [3.63, 3.8) is 0 Å². The molecule has 0 radical (unpaired) electrons. The van der Waals surface area contributed by atoms with Crippen molar-refractivity contribution in [3.8, 4) is 5.75 Å². The molecule has 0 amide bonds. The molecule has 27 heavy (non-hydrogen) atoms. The van der Waals surface area contributed by atoms with Crippen molar-refractivity contribution in [3.05, 3.63) is 29.8 Å². The van der Waals surface area contributed by atoms with Gasteiger partial charge in [0.05, 0.1) is 6.10 Å². The van der Waals surface area contributed by atoms with Crippen LogP contribution >= 0.6 is 0 Å². The number of alkyl halides is 3. The summed E-state index contributed by atoms with van der Waals surface area (Å²) in [4.78, 5) is 4.16. The smallest absolute Gasteiger partial charge is 0.422 e. The summed E-state index contributed by atoms with van der Waals surface area (Å²) >= 11 is 0. The van der Waals surface area contributed by atoms with Gasteiger partial charge in [-0.05, 0) is 37.0 Å². The molecule has 0 aliphatic heterocycles. The van der Waals surface area contributed by atoms with Crippen LogP contribution in [0.2, 0.25) is 0 Å². The van der Waals surface area contributed by atoms with E-state index in [0.717, 1.165) is 12.0 Å². The zero-order valence-electron chi connectivity index (χ0n) is 16.4. The van der Waals surface area contributed by atoms with E-state index in [-0.39, 0.29) is 11.9 Å². The van der Waals surface area contributed by atoms with E-state index in [4.69, 9.17) is 9.47 Å². The summed E-state index contributed by atoms with van der Waals surface area (Å²) in [5.41, 5.74) is 0.798. The number of nitrogens with one attached hydrogen (secondary N) is 2. The first-order valence-electron chi connectivity index (χ1n) is 9.09. The van der Waals surface area contributed by atoms with Crippen LogP contribution < -0.4 is 15.4 Å². The van der Waals surface area contributed by atoms with Gasteiger partial charge >= 0.3 is 6.18 Å². The topological polar surface area (TPSA) is 54.9 Å². The molecule has 1 rings (SSSR count). The van der Waals surface area contributed by atoms with E-state index in [2.05, 4.69) is 29.5 Å². The van der Waals surface area contributed by atoms with Crippen LogP contribution in [-0.4, -0.2) is 45.0 Å². The molecule has 0 saturated carbocycles. The molecule has 0 spiro atoms. The van der Waals surface area contributed by atoms with E-state index in [0.29, 0.717) is 31.6 Å². The maximum absolute atomic E-state index is 12.2. The van der Waals surface area contributed by atoms with Gasteiger partial charge in [0.2, 0.25) is 0 Å². The van der Waals surface area contributed by atoms with Crippen molar-refractivity contribution in [1.82, 2.24) is 10.6 Å². The van der Waals surface area contributed by atoms with Crippen molar-refractivity contribution in [2.45, 2.75) is 46.0 Å². The van der Waals surface area contributed by atoms with Gasteiger partial charge in [-0.25, -0.2) is 0 Å². The van der Waals surface area contributed by atoms with Crippen molar-refractivity contribution >= 4 is 5.96 Å². The zero-order valence-corrected chi connectivity index (χ0v) is 16.4. The van der Waals surface area contributed by atoms with Gasteiger partial charge in [-0.15, -0.1) is 0 Å². The van der Waals surface area contributed by atoms with E-state index < -0.39 is 12.8 Å². The van der Waals surface area contributed by atoms with Crippen LogP contribution in [0.4, 0.5) is 13.2 Å². The van der Waals surface area contributed by atoms with Gasteiger partial charge in [0, 0.05) is 26.7 Å². The largest absolute Gasteiger partial charge is 0.484 e. The van der Waals surface area contributed by atoms with Crippen molar-refractivity contribution in [1.29, 1.82) is 0 Å². The van der Waals surface area contributed by atoms with E-state index in [1.165, 1.54) is 6.07 Å². The summed E-state index contributed by atoms with van der Waals surface area (Å²) in [5, 5.41) is 6.36.